The molecule has 0 bridgehead atoms. The lowest BCUT2D eigenvalue weighted by Crippen LogP contribution is -2.46. The van der Waals surface area contributed by atoms with Crippen molar-refractivity contribution in [3.63, 3.8) is 0 Å². The Balaban J connectivity index is 1.93. The molecule has 1 unspecified atom stereocenters. The Morgan fingerprint density at radius 1 is 1.14 bits per heavy atom. The van der Waals surface area contributed by atoms with Crippen LogP contribution in [0.3, 0.4) is 0 Å². The highest BCUT2D eigenvalue weighted by Crippen LogP contribution is 2.50. The van der Waals surface area contributed by atoms with E-state index in [1.54, 1.807) is 17.0 Å². The third-order valence-corrected chi connectivity index (χ3v) is 8.03. The summed E-state index contributed by atoms with van der Waals surface area (Å²) in [5.74, 6) is -0.854. The summed E-state index contributed by atoms with van der Waals surface area (Å²) in [4.78, 5) is 35.7. The fraction of sp³-hybridized carbons (Fsp3) is 0.429. The number of sulfonamides is 1. The van der Waals surface area contributed by atoms with Gasteiger partial charge in [0.1, 0.15) is 12.0 Å². The molecule has 14 heteroatoms. The minimum Gasteiger partial charge on any atom is -0.494 e. The molecule has 4 N–H and O–H groups in total. The number of halogens is 1. The minimum atomic E-state index is -3.73. The van der Waals surface area contributed by atoms with Crippen LogP contribution in [0.25, 0.3) is 0 Å². The molecule has 226 valence electrons. The van der Waals surface area contributed by atoms with Crippen molar-refractivity contribution >= 4 is 39.1 Å². The highest BCUT2D eigenvalue weighted by molar-refractivity contribution is 7.92. The van der Waals surface area contributed by atoms with Gasteiger partial charge in [0.25, 0.3) is 5.91 Å². The van der Waals surface area contributed by atoms with E-state index in [-0.39, 0.29) is 45.9 Å². The van der Waals surface area contributed by atoms with E-state index in [1.165, 1.54) is 31.7 Å². The van der Waals surface area contributed by atoms with Crippen LogP contribution in [0.2, 0.25) is 0 Å². The number of carbonyl (C=O) groups is 2. The number of anilines is 1. The number of nitrogens with one attached hydrogen (secondary N) is 2. The lowest BCUT2D eigenvalue weighted by atomic mass is 9.78. The molecular formula is C28H35ClN6O6S. The number of nitrogens with zero attached hydrogens (tertiary/aromatic N) is 3. The number of hydrogen-bond donors (Lipinski definition) is 3. The molecule has 42 heavy (non-hydrogen) atoms. The molecule has 1 fully saturated rings. The van der Waals surface area contributed by atoms with Gasteiger partial charge in [-0.25, -0.2) is 18.4 Å². The number of allylic oxidation sites excluding steroid dienone is 2. The Bertz CT molecular complexity index is 1560. The Labute approximate surface area is 250 Å². The average Bonchev–Trinajstić information content (AvgIpc) is 2.92. The molecule has 2 amide bonds. The molecule has 1 aromatic carbocycles. The van der Waals surface area contributed by atoms with Gasteiger partial charge >= 0.3 is 0 Å². The van der Waals surface area contributed by atoms with Crippen molar-refractivity contribution in [1.29, 1.82) is 0 Å². The van der Waals surface area contributed by atoms with Gasteiger partial charge in [-0.05, 0) is 29.2 Å². The maximum absolute atomic E-state index is 13.2. The van der Waals surface area contributed by atoms with Gasteiger partial charge in [0, 0.05) is 49.8 Å². The Morgan fingerprint density at radius 3 is 2.43 bits per heavy atom. The van der Waals surface area contributed by atoms with Crippen molar-refractivity contribution in [3.05, 3.63) is 64.1 Å². The summed E-state index contributed by atoms with van der Waals surface area (Å²) >= 11 is 6.92. The molecule has 0 spiro atoms. The molecule has 1 saturated heterocycles. The second-order valence-corrected chi connectivity index (χ2v) is 13.3. The molecule has 0 radical (unpaired) electrons. The maximum Gasteiger partial charge on any atom is 0.272 e. The van der Waals surface area contributed by atoms with E-state index in [0.717, 1.165) is 11.8 Å². The molecule has 2 heterocycles. The second kappa shape index (κ2) is 11.9. The van der Waals surface area contributed by atoms with Crippen molar-refractivity contribution in [2.45, 2.75) is 38.2 Å². The number of aromatic nitrogens is 2. The predicted molar refractivity (Wildman–Crippen MR) is 159 cm³/mol. The van der Waals surface area contributed by atoms with E-state index in [0.29, 0.717) is 31.7 Å². The number of methoxy groups -OCH3 is 1. The molecular weight excluding hydrogens is 584 g/mol. The summed E-state index contributed by atoms with van der Waals surface area (Å²) < 4.78 is 39.6. The first-order chi connectivity index (χ1) is 19.6. The molecule has 4 rings (SSSR count). The van der Waals surface area contributed by atoms with E-state index in [9.17, 15) is 18.0 Å². The smallest absolute Gasteiger partial charge is 0.272 e. The summed E-state index contributed by atoms with van der Waals surface area (Å²) in [6.45, 7) is 8.26. The van der Waals surface area contributed by atoms with E-state index >= 15 is 0 Å². The zero-order valence-electron chi connectivity index (χ0n) is 24.2. The van der Waals surface area contributed by atoms with Crippen molar-refractivity contribution in [1.82, 2.24) is 20.2 Å². The average molecular weight is 619 g/mol. The summed E-state index contributed by atoms with van der Waals surface area (Å²) in [5.41, 5.74) is 5.12. The normalized spacial score (nSPS) is 19.4. The number of carbonyl (C=O) groups excluding carboxylic acids is 2. The molecule has 1 aromatic heterocycles. The van der Waals surface area contributed by atoms with Crippen LogP contribution in [0.4, 0.5) is 5.69 Å². The molecule has 1 aliphatic heterocycles. The largest absolute Gasteiger partial charge is 0.494 e. The highest BCUT2D eigenvalue weighted by Gasteiger charge is 2.46. The van der Waals surface area contributed by atoms with Gasteiger partial charge in [-0.2, -0.15) is 0 Å². The van der Waals surface area contributed by atoms with Gasteiger partial charge in [0.2, 0.25) is 21.8 Å². The third kappa shape index (κ3) is 6.69. The molecule has 1 aliphatic carbocycles. The van der Waals surface area contributed by atoms with Gasteiger partial charge in [0.05, 0.1) is 24.1 Å². The van der Waals surface area contributed by atoms with Crippen molar-refractivity contribution < 1.29 is 27.5 Å². The van der Waals surface area contributed by atoms with Gasteiger partial charge in [0.15, 0.2) is 11.4 Å². The lowest BCUT2D eigenvalue weighted by molar-refractivity contribution is -0.115. The molecule has 1 atom stereocenters. The van der Waals surface area contributed by atoms with Crippen LogP contribution in [0.5, 0.6) is 11.6 Å². The van der Waals surface area contributed by atoms with Crippen LogP contribution in [0.15, 0.2) is 47.3 Å². The standard InChI is InChI=1S/C28H35ClN6O6S/c1-27(2,3)18-12-19(24(40-4)20(13-18)34-42(5,38)39)28(15-17(25(30)36)6-7-22(28)29)41-23-14-21(32-16-33-23)26(37)35-10-8-31-9-11-35/h6-7,12-14,16,31,34H,8-11,15H2,1-5H3,(H2,30,36). The van der Waals surface area contributed by atoms with Crippen molar-refractivity contribution in [2.24, 2.45) is 5.73 Å². The van der Waals surface area contributed by atoms with E-state index < -0.39 is 26.9 Å². The number of piperazine rings is 1. The zero-order chi connectivity index (χ0) is 30.9. The Kier molecular flexibility index (Phi) is 8.86. The van der Waals surface area contributed by atoms with Gasteiger partial charge < -0.3 is 25.4 Å². The van der Waals surface area contributed by atoms with Crippen LogP contribution in [-0.4, -0.2) is 74.6 Å². The van der Waals surface area contributed by atoms with Crippen LogP contribution in [0, 0.1) is 0 Å². The predicted octanol–water partition coefficient (Wildman–Crippen LogP) is 2.41. The van der Waals surface area contributed by atoms with Crippen LogP contribution in [0.1, 0.15) is 48.8 Å². The Hall–Kier alpha value is -3.68. The first-order valence-corrected chi connectivity index (χ1v) is 15.5. The number of rotatable bonds is 8. The molecule has 0 saturated carbocycles. The summed E-state index contributed by atoms with van der Waals surface area (Å²) in [5, 5.41) is 3.35. The van der Waals surface area contributed by atoms with Gasteiger partial charge in [-0.1, -0.05) is 38.4 Å². The summed E-state index contributed by atoms with van der Waals surface area (Å²) in [6, 6.07) is 4.88. The number of nitrogens with two attached hydrogens (primary N) is 1. The van der Waals surface area contributed by atoms with E-state index in [2.05, 4.69) is 20.0 Å². The number of amides is 2. The van der Waals surface area contributed by atoms with Crippen molar-refractivity contribution in [2.75, 3.05) is 44.3 Å². The minimum absolute atomic E-state index is 0.00147. The number of primary amides is 1. The topological polar surface area (TPSA) is 166 Å². The fourth-order valence-corrected chi connectivity index (χ4v) is 5.65. The quantitative estimate of drug-likeness (QED) is 0.403. The first kappa shape index (κ1) is 31.3. The number of ether oxygens (including phenoxy) is 2. The van der Waals surface area contributed by atoms with Gasteiger partial charge in [-0.3, -0.25) is 14.3 Å². The maximum atomic E-state index is 13.2. The Morgan fingerprint density at radius 2 is 1.83 bits per heavy atom. The number of benzene rings is 1. The van der Waals surface area contributed by atoms with Crippen LogP contribution < -0.4 is 25.2 Å². The van der Waals surface area contributed by atoms with E-state index in [1.807, 2.05) is 20.8 Å². The summed E-state index contributed by atoms with van der Waals surface area (Å²) in [6.07, 6.45) is 5.10. The molecule has 2 aliphatic rings. The fourth-order valence-electron chi connectivity index (χ4n) is 4.83. The van der Waals surface area contributed by atoms with Crippen molar-refractivity contribution in [3.8, 4) is 11.6 Å². The molecule has 12 nitrogen and oxygen atoms in total. The van der Waals surface area contributed by atoms with Crippen LogP contribution in [-0.2, 0) is 25.8 Å². The zero-order valence-corrected chi connectivity index (χ0v) is 25.7. The highest BCUT2D eigenvalue weighted by atomic mass is 35.5. The van der Waals surface area contributed by atoms with E-state index in [4.69, 9.17) is 26.8 Å². The summed E-state index contributed by atoms with van der Waals surface area (Å²) in [7, 11) is -2.35. The second-order valence-electron chi connectivity index (χ2n) is 11.2. The number of hydrogen-bond acceptors (Lipinski definition) is 9. The van der Waals surface area contributed by atoms with Gasteiger partial charge in [-0.15, -0.1) is 0 Å². The SMILES string of the molecule is COc1c(NS(C)(=O)=O)cc(C(C)(C)C)cc1C1(Oc2cc(C(=O)N3CCNCC3)ncn2)CC(C(N)=O)=CC=C1Cl. The third-order valence-electron chi connectivity index (χ3n) is 7.01. The first-order valence-electron chi connectivity index (χ1n) is 13.2. The lowest BCUT2D eigenvalue weighted by Gasteiger charge is -2.38. The van der Waals surface area contributed by atoms with Crippen LogP contribution >= 0.6 is 11.6 Å². The monoisotopic (exact) mass is 618 g/mol. The molecule has 2 aromatic rings.